The van der Waals surface area contributed by atoms with Crippen molar-refractivity contribution < 1.29 is 22.4 Å². The molecule has 7 nitrogen and oxygen atoms in total. The lowest BCUT2D eigenvalue weighted by molar-refractivity contribution is -0.140. The van der Waals surface area contributed by atoms with Crippen molar-refractivity contribution in [2.75, 3.05) is 17.4 Å². The molecule has 0 unspecified atom stereocenters. The Balaban J connectivity index is 1.78. The third kappa shape index (κ3) is 8.43. The Bertz CT molecular complexity index is 1600. The van der Waals surface area contributed by atoms with E-state index in [0.29, 0.717) is 23.6 Å². The van der Waals surface area contributed by atoms with Crippen LogP contribution in [0, 0.1) is 5.82 Å². The van der Waals surface area contributed by atoms with Crippen LogP contribution in [0.1, 0.15) is 24.5 Å². The molecule has 0 heterocycles. The van der Waals surface area contributed by atoms with Gasteiger partial charge in [-0.25, -0.2) is 12.8 Å². The zero-order valence-corrected chi connectivity index (χ0v) is 25.3. The standard InChI is InChI=1S/C33H33ClFN3O4S/c1-2-21-36-33(40)31(22-25-9-5-3-6-10-25)37(23-26-13-15-27(34)16-14-26)32(39)24-38(29-19-17-28(35)18-20-29)43(41,42)30-11-7-4-8-12-30/h3-20,31H,2,21-24H2,1H3,(H,36,40)/t31-/m1/s1. The number of hydrogen-bond acceptors (Lipinski definition) is 4. The topological polar surface area (TPSA) is 86.8 Å². The van der Waals surface area contributed by atoms with Crippen LogP contribution in [0.15, 0.2) is 114 Å². The van der Waals surface area contributed by atoms with Crippen LogP contribution in [0.2, 0.25) is 5.02 Å². The van der Waals surface area contributed by atoms with Crippen LogP contribution in [0.3, 0.4) is 0 Å². The summed E-state index contributed by atoms with van der Waals surface area (Å²) in [6, 6.07) is 27.8. The fourth-order valence-corrected chi connectivity index (χ4v) is 6.12. The molecule has 0 bridgehead atoms. The van der Waals surface area contributed by atoms with Crippen molar-refractivity contribution in [3.8, 4) is 0 Å². The highest BCUT2D eigenvalue weighted by atomic mass is 35.5. The molecule has 1 N–H and O–H groups in total. The second kappa shape index (κ2) is 14.8. The van der Waals surface area contributed by atoms with Gasteiger partial charge in [-0.2, -0.15) is 0 Å². The molecular weight excluding hydrogens is 589 g/mol. The van der Waals surface area contributed by atoms with Crippen LogP contribution in [-0.4, -0.2) is 44.3 Å². The lowest BCUT2D eigenvalue weighted by Crippen LogP contribution is -2.53. The normalized spacial score (nSPS) is 11.9. The molecule has 0 aliphatic rings. The molecule has 224 valence electrons. The molecule has 1 atom stereocenters. The Labute approximate surface area is 257 Å². The molecular formula is C33H33ClFN3O4S. The van der Waals surface area contributed by atoms with Gasteiger partial charge in [0.05, 0.1) is 10.6 Å². The molecule has 4 aromatic carbocycles. The largest absolute Gasteiger partial charge is 0.354 e. The molecule has 4 rings (SSSR count). The van der Waals surface area contributed by atoms with Crippen LogP contribution in [0.25, 0.3) is 0 Å². The van der Waals surface area contributed by atoms with Crippen LogP contribution in [0.4, 0.5) is 10.1 Å². The summed E-state index contributed by atoms with van der Waals surface area (Å²) in [5.74, 6) is -1.51. The molecule has 0 aliphatic carbocycles. The number of amides is 2. The van der Waals surface area contributed by atoms with Crippen LogP contribution in [0.5, 0.6) is 0 Å². The van der Waals surface area contributed by atoms with Crippen molar-refractivity contribution in [2.45, 2.75) is 37.2 Å². The van der Waals surface area contributed by atoms with Crippen molar-refractivity contribution >= 4 is 39.1 Å². The van der Waals surface area contributed by atoms with E-state index in [9.17, 15) is 22.4 Å². The molecule has 4 aromatic rings. The molecule has 2 amide bonds. The zero-order chi connectivity index (χ0) is 30.8. The smallest absolute Gasteiger partial charge is 0.264 e. The Morgan fingerprint density at radius 2 is 1.44 bits per heavy atom. The molecule has 0 fully saturated rings. The van der Waals surface area contributed by atoms with E-state index in [1.54, 1.807) is 42.5 Å². The summed E-state index contributed by atoms with van der Waals surface area (Å²) >= 11 is 6.10. The predicted octanol–water partition coefficient (Wildman–Crippen LogP) is 5.84. The highest BCUT2D eigenvalue weighted by molar-refractivity contribution is 7.92. The van der Waals surface area contributed by atoms with Gasteiger partial charge in [0.1, 0.15) is 18.4 Å². The van der Waals surface area contributed by atoms with Gasteiger partial charge in [-0.3, -0.25) is 13.9 Å². The van der Waals surface area contributed by atoms with Crippen molar-refractivity contribution in [2.24, 2.45) is 0 Å². The maximum Gasteiger partial charge on any atom is 0.264 e. The Morgan fingerprint density at radius 1 is 0.837 bits per heavy atom. The fourth-order valence-electron chi connectivity index (χ4n) is 4.56. The average Bonchev–Trinajstić information content (AvgIpc) is 3.02. The third-order valence-corrected chi connectivity index (χ3v) is 8.85. The highest BCUT2D eigenvalue weighted by Gasteiger charge is 2.34. The first-order valence-corrected chi connectivity index (χ1v) is 15.7. The van der Waals surface area contributed by atoms with E-state index < -0.39 is 34.3 Å². The summed E-state index contributed by atoms with van der Waals surface area (Å²) in [5, 5.41) is 3.42. The summed E-state index contributed by atoms with van der Waals surface area (Å²) in [5.41, 5.74) is 1.65. The number of sulfonamides is 1. The van der Waals surface area contributed by atoms with Gasteiger partial charge in [0.2, 0.25) is 11.8 Å². The number of anilines is 1. The second-order valence-corrected chi connectivity index (χ2v) is 12.2. The lowest BCUT2D eigenvalue weighted by Gasteiger charge is -2.34. The van der Waals surface area contributed by atoms with E-state index in [-0.39, 0.29) is 29.5 Å². The van der Waals surface area contributed by atoms with Crippen molar-refractivity contribution in [1.82, 2.24) is 10.2 Å². The third-order valence-electron chi connectivity index (χ3n) is 6.81. The molecule has 0 radical (unpaired) electrons. The molecule has 0 aromatic heterocycles. The summed E-state index contributed by atoms with van der Waals surface area (Å²) < 4.78 is 42.5. The van der Waals surface area contributed by atoms with E-state index in [4.69, 9.17) is 11.6 Å². The number of nitrogens with zero attached hydrogens (tertiary/aromatic N) is 2. The minimum Gasteiger partial charge on any atom is -0.354 e. The summed E-state index contributed by atoms with van der Waals surface area (Å²) in [4.78, 5) is 29.3. The molecule has 0 saturated heterocycles. The van der Waals surface area contributed by atoms with Gasteiger partial charge in [-0.1, -0.05) is 79.2 Å². The maximum absolute atomic E-state index is 14.3. The van der Waals surface area contributed by atoms with Gasteiger partial charge in [0.15, 0.2) is 0 Å². The molecule has 43 heavy (non-hydrogen) atoms. The van der Waals surface area contributed by atoms with Crippen molar-refractivity contribution in [3.05, 3.63) is 131 Å². The second-order valence-electron chi connectivity index (χ2n) is 9.95. The first-order chi connectivity index (χ1) is 20.7. The Kier molecular flexibility index (Phi) is 10.9. The molecule has 10 heteroatoms. The van der Waals surface area contributed by atoms with E-state index in [1.807, 2.05) is 37.3 Å². The van der Waals surface area contributed by atoms with Gasteiger partial charge in [0, 0.05) is 24.5 Å². The van der Waals surface area contributed by atoms with E-state index in [0.717, 1.165) is 22.0 Å². The van der Waals surface area contributed by atoms with Crippen LogP contribution >= 0.6 is 11.6 Å². The van der Waals surface area contributed by atoms with Crippen LogP contribution < -0.4 is 9.62 Å². The van der Waals surface area contributed by atoms with Crippen molar-refractivity contribution in [3.63, 3.8) is 0 Å². The van der Waals surface area contributed by atoms with Crippen molar-refractivity contribution in [1.29, 1.82) is 0 Å². The number of carbonyl (C=O) groups is 2. The lowest BCUT2D eigenvalue weighted by atomic mass is 10.0. The zero-order valence-electron chi connectivity index (χ0n) is 23.7. The van der Waals surface area contributed by atoms with Gasteiger partial charge in [-0.15, -0.1) is 0 Å². The number of carbonyl (C=O) groups excluding carboxylic acids is 2. The van der Waals surface area contributed by atoms with Crippen LogP contribution in [-0.2, 0) is 32.6 Å². The number of halogens is 2. The molecule has 0 spiro atoms. The number of benzene rings is 4. The summed E-state index contributed by atoms with van der Waals surface area (Å²) in [6.45, 7) is 1.74. The fraction of sp³-hybridized carbons (Fsp3) is 0.212. The Morgan fingerprint density at radius 3 is 2.05 bits per heavy atom. The first kappa shape index (κ1) is 31.7. The van der Waals surface area contributed by atoms with Gasteiger partial charge >= 0.3 is 0 Å². The van der Waals surface area contributed by atoms with Gasteiger partial charge in [0.25, 0.3) is 10.0 Å². The average molecular weight is 622 g/mol. The SMILES string of the molecule is CCCNC(=O)[C@@H](Cc1ccccc1)N(Cc1ccc(Cl)cc1)C(=O)CN(c1ccc(F)cc1)S(=O)(=O)c1ccccc1. The number of rotatable bonds is 13. The predicted molar refractivity (Wildman–Crippen MR) is 167 cm³/mol. The molecule has 0 aliphatic heterocycles. The monoisotopic (exact) mass is 621 g/mol. The van der Waals surface area contributed by atoms with E-state index in [2.05, 4.69) is 5.32 Å². The maximum atomic E-state index is 14.3. The van der Waals surface area contributed by atoms with E-state index in [1.165, 1.54) is 29.2 Å². The minimum absolute atomic E-state index is 0.0235. The van der Waals surface area contributed by atoms with Gasteiger partial charge in [-0.05, 0) is 66.1 Å². The molecule has 0 saturated carbocycles. The highest BCUT2D eigenvalue weighted by Crippen LogP contribution is 2.25. The van der Waals surface area contributed by atoms with E-state index >= 15 is 0 Å². The Hall–Kier alpha value is -4.21. The quantitative estimate of drug-likeness (QED) is 0.203. The number of hydrogen-bond donors (Lipinski definition) is 1. The number of nitrogens with one attached hydrogen (secondary N) is 1. The minimum atomic E-state index is -4.25. The summed E-state index contributed by atoms with van der Waals surface area (Å²) in [6.07, 6.45) is 0.903. The van der Waals surface area contributed by atoms with Gasteiger partial charge < -0.3 is 10.2 Å². The summed E-state index contributed by atoms with van der Waals surface area (Å²) in [7, 11) is -4.25. The first-order valence-electron chi connectivity index (χ1n) is 13.9.